The zero-order valence-corrected chi connectivity index (χ0v) is 22.6. The van der Waals surface area contributed by atoms with Crippen molar-refractivity contribution >= 4 is 17.9 Å². The summed E-state index contributed by atoms with van der Waals surface area (Å²) in [4.78, 5) is 45.6. The number of carbonyl (C=O) groups is 3. The van der Waals surface area contributed by atoms with Crippen molar-refractivity contribution in [2.24, 2.45) is 0 Å². The lowest BCUT2D eigenvalue weighted by Gasteiger charge is -2.44. The SMILES string of the molecule is CCOC(=O)N1CCN(C(=O)[C@H]2c3ccccc3C(=O)N(Cc3ccc(F)cc3)[C@H]2c2ccc(OC)cc2)CC1. The Bertz CT molecular complexity index is 1370. The van der Waals surface area contributed by atoms with E-state index in [4.69, 9.17) is 9.47 Å². The fourth-order valence-electron chi connectivity index (χ4n) is 5.51. The number of methoxy groups -OCH3 is 1. The number of hydrogen-bond acceptors (Lipinski definition) is 5. The lowest BCUT2D eigenvalue weighted by Crippen LogP contribution is -2.54. The number of benzene rings is 3. The summed E-state index contributed by atoms with van der Waals surface area (Å²) in [5.74, 6) is -0.697. The maximum absolute atomic E-state index is 14.4. The summed E-state index contributed by atoms with van der Waals surface area (Å²) in [6.07, 6.45) is -0.384. The largest absolute Gasteiger partial charge is 0.497 e. The highest BCUT2D eigenvalue weighted by molar-refractivity contribution is 6.01. The summed E-state index contributed by atoms with van der Waals surface area (Å²) in [5.41, 5.74) is 2.68. The number of halogens is 1. The molecule has 8 nitrogen and oxygen atoms in total. The predicted molar refractivity (Wildman–Crippen MR) is 146 cm³/mol. The Kier molecular flexibility index (Phi) is 8.00. The van der Waals surface area contributed by atoms with Gasteiger partial charge in [0.15, 0.2) is 0 Å². The highest BCUT2D eigenvalue weighted by Crippen LogP contribution is 2.45. The minimum absolute atomic E-state index is 0.117. The first-order valence-electron chi connectivity index (χ1n) is 13.4. The van der Waals surface area contributed by atoms with Crippen molar-refractivity contribution in [1.82, 2.24) is 14.7 Å². The molecule has 5 rings (SSSR count). The Morgan fingerprint density at radius 3 is 2.20 bits per heavy atom. The third-order valence-corrected chi connectivity index (χ3v) is 7.55. The highest BCUT2D eigenvalue weighted by atomic mass is 19.1. The summed E-state index contributed by atoms with van der Waals surface area (Å²) in [6.45, 7) is 3.70. The zero-order chi connectivity index (χ0) is 28.2. The molecule has 2 atom stereocenters. The average molecular weight is 546 g/mol. The molecule has 9 heteroatoms. The number of nitrogens with zero attached hydrogens (tertiary/aromatic N) is 3. The van der Waals surface area contributed by atoms with Crippen LogP contribution < -0.4 is 4.74 Å². The number of amides is 3. The maximum atomic E-state index is 14.4. The Morgan fingerprint density at radius 2 is 1.55 bits per heavy atom. The molecule has 208 valence electrons. The summed E-state index contributed by atoms with van der Waals surface area (Å²) >= 11 is 0. The van der Waals surface area contributed by atoms with E-state index < -0.39 is 12.0 Å². The molecule has 3 aromatic carbocycles. The topological polar surface area (TPSA) is 79.4 Å². The fourth-order valence-corrected chi connectivity index (χ4v) is 5.51. The van der Waals surface area contributed by atoms with Gasteiger partial charge in [0.25, 0.3) is 5.91 Å². The normalized spacial score (nSPS) is 18.8. The van der Waals surface area contributed by atoms with Gasteiger partial charge in [0.1, 0.15) is 11.6 Å². The molecule has 0 saturated carbocycles. The molecule has 3 amide bonds. The molecule has 2 aliphatic rings. The third kappa shape index (κ3) is 5.36. The fraction of sp³-hybridized carbons (Fsp3) is 0.323. The van der Waals surface area contributed by atoms with Crippen LogP contribution in [0.1, 0.15) is 45.9 Å². The van der Waals surface area contributed by atoms with Crippen molar-refractivity contribution in [3.63, 3.8) is 0 Å². The van der Waals surface area contributed by atoms with E-state index >= 15 is 0 Å². The van der Waals surface area contributed by atoms with Gasteiger partial charge in [-0.25, -0.2) is 9.18 Å². The van der Waals surface area contributed by atoms with Crippen LogP contribution in [0.3, 0.4) is 0 Å². The Balaban J connectivity index is 1.54. The van der Waals surface area contributed by atoms with Crippen molar-refractivity contribution in [2.45, 2.75) is 25.4 Å². The molecular formula is C31H32FN3O5. The predicted octanol–water partition coefficient (Wildman–Crippen LogP) is 4.62. The first-order valence-corrected chi connectivity index (χ1v) is 13.4. The van der Waals surface area contributed by atoms with E-state index in [1.807, 2.05) is 36.4 Å². The van der Waals surface area contributed by atoms with Crippen molar-refractivity contribution in [1.29, 1.82) is 0 Å². The lowest BCUT2D eigenvalue weighted by atomic mass is 9.78. The van der Waals surface area contributed by atoms with Crippen LogP contribution in [0.15, 0.2) is 72.8 Å². The van der Waals surface area contributed by atoms with Gasteiger partial charge in [-0.15, -0.1) is 0 Å². The smallest absolute Gasteiger partial charge is 0.409 e. The van der Waals surface area contributed by atoms with Crippen LogP contribution in [-0.4, -0.2) is 72.5 Å². The number of hydrogen-bond donors (Lipinski definition) is 0. The molecule has 0 radical (unpaired) electrons. The van der Waals surface area contributed by atoms with E-state index in [9.17, 15) is 18.8 Å². The minimum Gasteiger partial charge on any atom is -0.497 e. The second-order valence-electron chi connectivity index (χ2n) is 9.85. The molecule has 0 unspecified atom stereocenters. The van der Waals surface area contributed by atoms with Gasteiger partial charge < -0.3 is 24.2 Å². The van der Waals surface area contributed by atoms with E-state index in [1.54, 1.807) is 53.0 Å². The maximum Gasteiger partial charge on any atom is 0.409 e. The first-order chi connectivity index (χ1) is 19.4. The second-order valence-corrected chi connectivity index (χ2v) is 9.85. The third-order valence-electron chi connectivity index (χ3n) is 7.55. The van der Waals surface area contributed by atoms with Crippen molar-refractivity contribution in [3.05, 3.63) is 101 Å². The van der Waals surface area contributed by atoms with Crippen LogP contribution in [0.25, 0.3) is 0 Å². The van der Waals surface area contributed by atoms with Gasteiger partial charge in [-0.05, 0) is 53.9 Å². The number of ether oxygens (including phenoxy) is 2. The standard InChI is InChI=1S/C31H32FN3O5/c1-3-40-31(38)34-18-16-33(17-19-34)30(37)27-25-6-4-5-7-26(25)29(36)35(20-21-8-12-23(32)13-9-21)28(27)22-10-14-24(39-2)15-11-22/h4-15,27-28H,3,16-20H2,1-2H3/t27-,28-/m0/s1. The molecule has 0 aliphatic carbocycles. The van der Waals surface area contributed by atoms with Gasteiger partial charge >= 0.3 is 6.09 Å². The highest BCUT2D eigenvalue weighted by Gasteiger charge is 2.46. The summed E-state index contributed by atoms with van der Waals surface area (Å²) in [6, 6.07) is 20.0. The van der Waals surface area contributed by atoms with Gasteiger partial charge in [-0.2, -0.15) is 0 Å². The molecule has 0 aromatic heterocycles. The van der Waals surface area contributed by atoms with Gasteiger partial charge in [0, 0.05) is 38.3 Å². The van der Waals surface area contributed by atoms with Gasteiger partial charge in [0.2, 0.25) is 5.91 Å². The molecule has 1 fully saturated rings. The van der Waals surface area contributed by atoms with Gasteiger partial charge in [0.05, 0.1) is 25.7 Å². The quantitative estimate of drug-likeness (QED) is 0.452. The second kappa shape index (κ2) is 11.8. The first kappa shape index (κ1) is 27.2. The van der Waals surface area contributed by atoms with Crippen molar-refractivity contribution in [3.8, 4) is 5.75 Å². The van der Waals surface area contributed by atoms with Crippen molar-refractivity contribution in [2.75, 3.05) is 39.9 Å². The van der Waals surface area contributed by atoms with Crippen LogP contribution in [0.4, 0.5) is 9.18 Å². The van der Waals surface area contributed by atoms with Crippen molar-refractivity contribution < 1.29 is 28.2 Å². The van der Waals surface area contributed by atoms with E-state index in [0.717, 1.165) is 11.1 Å². The molecule has 40 heavy (non-hydrogen) atoms. The van der Waals surface area contributed by atoms with Crippen LogP contribution in [0.2, 0.25) is 0 Å². The zero-order valence-electron chi connectivity index (χ0n) is 22.6. The molecule has 3 aromatic rings. The molecule has 0 bridgehead atoms. The van der Waals surface area contributed by atoms with Crippen LogP contribution in [-0.2, 0) is 16.1 Å². The van der Waals surface area contributed by atoms with Crippen LogP contribution in [0, 0.1) is 5.82 Å². The monoisotopic (exact) mass is 545 g/mol. The van der Waals surface area contributed by atoms with E-state index in [0.29, 0.717) is 43.1 Å². The molecule has 1 saturated heterocycles. The van der Waals surface area contributed by atoms with Gasteiger partial charge in [-0.3, -0.25) is 9.59 Å². The van der Waals surface area contributed by atoms with Crippen LogP contribution in [0.5, 0.6) is 5.75 Å². The number of carbonyl (C=O) groups excluding carboxylic acids is 3. The molecule has 2 heterocycles. The number of rotatable bonds is 6. The lowest BCUT2D eigenvalue weighted by molar-refractivity contribution is -0.136. The van der Waals surface area contributed by atoms with E-state index in [-0.39, 0.29) is 36.9 Å². The summed E-state index contributed by atoms with van der Waals surface area (Å²) < 4.78 is 24.2. The summed E-state index contributed by atoms with van der Waals surface area (Å²) in [5, 5.41) is 0. The molecule has 2 aliphatic heterocycles. The van der Waals surface area contributed by atoms with E-state index in [2.05, 4.69) is 0 Å². The Labute approximate surface area is 232 Å². The molecule has 0 spiro atoms. The Morgan fingerprint density at radius 1 is 0.900 bits per heavy atom. The van der Waals surface area contributed by atoms with Crippen LogP contribution >= 0.6 is 0 Å². The minimum atomic E-state index is -0.683. The molecular weight excluding hydrogens is 513 g/mol. The van der Waals surface area contributed by atoms with E-state index in [1.165, 1.54) is 12.1 Å². The Hall–Kier alpha value is -4.40. The average Bonchev–Trinajstić information content (AvgIpc) is 2.99. The number of fused-ring (bicyclic) bond motifs is 1. The summed E-state index contributed by atoms with van der Waals surface area (Å²) in [7, 11) is 1.58. The number of piperazine rings is 1. The molecule has 0 N–H and O–H groups in total. The van der Waals surface area contributed by atoms with Gasteiger partial charge in [-0.1, -0.05) is 42.5 Å².